The van der Waals surface area contributed by atoms with Crippen molar-refractivity contribution in [2.75, 3.05) is 34.0 Å². The van der Waals surface area contributed by atoms with Gasteiger partial charge in [0.05, 0.1) is 62.7 Å². The highest BCUT2D eigenvalue weighted by Crippen LogP contribution is 2.40. The Morgan fingerprint density at radius 2 is 0.784 bits per heavy atom. The Balaban J connectivity index is 0.876. The Morgan fingerprint density at radius 3 is 1.26 bits per heavy atom. The molecule has 0 unspecified atom stereocenters. The molecule has 3 heterocycles. The van der Waals surface area contributed by atoms with Crippen LogP contribution in [0, 0.1) is 0 Å². The minimum absolute atomic E-state index is 0.00574. The van der Waals surface area contributed by atoms with Gasteiger partial charge in [0.25, 0.3) is 0 Å². The molecule has 0 aliphatic carbocycles. The number of azide groups is 1. The number of rotatable bonds is 41. The number of ether oxygens (including phenoxy) is 17. The number of carbonyl (C=O) groups excluding carboxylic acids is 9. The number of Topliss-reactive ketones (excluding diaryl/α,β-unsaturated/α-hetero) is 1. The predicted octanol–water partition coefficient (Wildman–Crippen LogP) is 13.7. The molecule has 15 atom stereocenters. The first kappa shape index (κ1) is 91.4. The second kappa shape index (κ2) is 47.1. The fourth-order valence-corrected chi connectivity index (χ4v) is 14.1. The SMILES string of the molecule is COC(=O)[C@@H]1O[C@@H](O[C@H]2[C@H](OCc3ccccc3)[C@@H](N=[N+]=[N-])[C@@H](O[C@H]3[C@H](OCc4ccccc4)[C@@H](OC(=O)c4ccccc4)[C@H](OCCCCCN(Cc4ccccc4)C(=O)OCc4ccc(COC(=O)c5ccccc5)cc4)O[C@H]3C(=O)OC)O[C@@H]2COC(=O)c2ccccc2)[C@H](OC(=O)c2ccccc2)[C@@H](OCc2ccccc2)[C@@H]1OC(=O)CCC(C)=O. The maximum absolute atomic E-state index is 14.9. The molecular formula is C95H96N4O26. The van der Waals surface area contributed by atoms with Crippen molar-refractivity contribution < 1.29 is 124 Å². The topological polar surface area (TPSA) is 363 Å². The second-order valence-electron chi connectivity index (χ2n) is 29.4. The van der Waals surface area contributed by atoms with Crippen LogP contribution in [0.2, 0.25) is 0 Å². The number of hydrogen-bond acceptors (Lipinski definition) is 27. The zero-order chi connectivity index (χ0) is 87.7. The number of esters is 7. The van der Waals surface area contributed by atoms with E-state index in [2.05, 4.69) is 10.0 Å². The number of methoxy groups -OCH3 is 2. The van der Waals surface area contributed by atoms with Crippen molar-refractivity contribution in [1.82, 2.24) is 4.90 Å². The third-order valence-corrected chi connectivity index (χ3v) is 20.5. The molecule has 0 spiro atoms. The van der Waals surface area contributed by atoms with Gasteiger partial charge in [-0.15, -0.1) is 0 Å². The van der Waals surface area contributed by atoms with Gasteiger partial charge in [-0.25, -0.2) is 33.6 Å². The average Bonchev–Trinajstić information content (AvgIpc) is 0.755. The van der Waals surface area contributed by atoms with Crippen molar-refractivity contribution in [1.29, 1.82) is 0 Å². The lowest BCUT2D eigenvalue weighted by atomic mass is 9.94. The van der Waals surface area contributed by atoms with Crippen molar-refractivity contribution >= 4 is 53.7 Å². The van der Waals surface area contributed by atoms with Crippen LogP contribution in [0.5, 0.6) is 0 Å². The number of benzene rings is 9. The van der Waals surface area contributed by atoms with Gasteiger partial charge in [0.15, 0.2) is 49.4 Å². The van der Waals surface area contributed by atoms with Crippen LogP contribution < -0.4 is 0 Å². The molecule has 9 aromatic carbocycles. The molecule has 30 heteroatoms. The Kier molecular flexibility index (Phi) is 34.5. The number of ketones is 1. The molecule has 30 nitrogen and oxygen atoms in total. The molecule has 125 heavy (non-hydrogen) atoms. The Labute approximate surface area is 721 Å². The number of amides is 1. The Morgan fingerprint density at radius 1 is 0.376 bits per heavy atom. The summed E-state index contributed by atoms with van der Waals surface area (Å²) in [6.07, 6.45) is -25.7. The zero-order valence-corrected chi connectivity index (χ0v) is 68.9. The normalized spacial score (nSPS) is 22.0. The molecule has 0 radical (unpaired) electrons. The minimum atomic E-state index is -2.08. The molecule has 0 bridgehead atoms. The van der Waals surface area contributed by atoms with E-state index in [0.717, 1.165) is 25.3 Å². The van der Waals surface area contributed by atoms with Crippen LogP contribution in [-0.4, -0.2) is 185 Å². The van der Waals surface area contributed by atoms with Gasteiger partial charge >= 0.3 is 47.9 Å². The third-order valence-electron chi connectivity index (χ3n) is 20.5. The van der Waals surface area contributed by atoms with Gasteiger partial charge in [-0.05, 0) is 114 Å². The monoisotopic (exact) mass is 1710 g/mol. The molecule has 3 fully saturated rings. The van der Waals surface area contributed by atoms with E-state index in [9.17, 15) is 48.7 Å². The highest BCUT2D eigenvalue weighted by Gasteiger charge is 2.60. The smallest absolute Gasteiger partial charge is 0.410 e. The Hall–Kier alpha value is -12.8. The van der Waals surface area contributed by atoms with Gasteiger partial charge in [-0.2, -0.15) is 0 Å². The van der Waals surface area contributed by atoms with Crippen molar-refractivity contribution in [2.24, 2.45) is 5.11 Å². The summed E-state index contributed by atoms with van der Waals surface area (Å²) in [6, 6.07) is 73.2. The van der Waals surface area contributed by atoms with Crippen molar-refractivity contribution in [3.63, 3.8) is 0 Å². The van der Waals surface area contributed by atoms with Crippen LogP contribution in [-0.2, 0) is 139 Å². The lowest BCUT2D eigenvalue weighted by molar-refractivity contribution is -0.366. The highest BCUT2D eigenvalue weighted by molar-refractivity contribution is 5.91. The summed E-state index contributed by atoms with van der Waals surface area (Å²) >= 11 is 0. The highest BCUT2D eigenvalue weighted by atomic mass is 16.8. The van der Waals surface area contributed by atoms with Crippen LogP contribution in [0.15, 0.2) is 272 Å². The molecule has 652 valence electrons. The molecule has 3 aliphatic heterocycles. The van der Waals surface area contributed by atoms with Gasteiger partial charge in [0.1, 0.15) is 68.3 Å². The molecule has 0 saturated carbocycles. The molecule has 9 aromatic rings. The standard InChI is InChI=1S/C95H96N4O26/c1-62(100)47-52-74(101)119-80-78(113-57-65-35-17-6-18-36-65)85(121-89(105)72-45-27-11-28-46-72)94(125-82(80)90(106)109-2)122-76-73(61-116-87(103)70-41-23-9-24-42-70)118-92(75(97-98-96)77(76)112-56-64-33-15-5-16-34-64)123-81-79(114-58-66-37-19-7-20-38-66)84(120-88(104)71-43-25-10-26-44-71)93(124-83(81)91(107)110-3)111-54-30-12-29-53-99(55-63-31-13-4-14-32-63)95(108)117-60-68-50-48-67(49-51-68)59-115-86(102)69-39-21-8-22-40-69/h4-11,13-28,31-46,48-51,73,75-85,92-94H,12,29-30,47,52-61H2,1-3H3/t73-,75-,76-,77-,78+,79+,80+,81+,82-,83-,84-,85-,92-,93-,94-/m1/s1. The Bertz CT molecular complexity index is 4990. The van der Waals surface area contributed by atoms with Gasteiger partial charge in [0.2, 0.25) is 0 Å². The average molecular weight is 1710 g/mol. The van der Waals surface area contributed by atoms with Crippen LogP contribution in [0.25, 0.3) is 10.4 Å². The number of nitrogens with zero attached hydrogens (tertiary/aromatic N) is 4. The summed E-state index contributed by atoms with van der Waals surface area (Å²) in [6.45, 7) is -0.0659. The summed E-state index contributed by atoms with van der Waals surface area (Å²) < 4.78 is 109. The first-order valence-electron chi connectivity index (χ1n) is 40.7. The van der Waals surface area contributed by atoms with E-state index in [4.69, 9.17) is 80.5 Å². The predicted molar refractivity (Wildman–Crippen MR) is 444 cm³/mol. The first-order valence-corrected chi connectivity index (χ1v) is 40.7. The second-order valence-corrected chi connectivity index (χ2v) is 29.4. The van der Waals surface area contributed by atoms with E-state index in [0.29, 0.717) is 47.1 Å². The maximum Gasteiger partial charge on any atom is 0.410 e. The van der Waals surface area contributed by atoms with Crippen LogP contribution >= 0.6 is 0 Å². The largest absolute Gasteiger partial charge is 0.467 e. The third kappa shape index (κ3) is 26.4. The molecule has 0 aromatic heterocycles. The molecule has 3 aliphatic rings. The van der Waals surface area contributed by atoms with E-state index in [1.807, 2.05) is 36.4 Å². The summed E-state index contributed by atoms with van der Waals surface area (Å²) in [5, 5.41) is 4.30. The van der Waals surface area contributed by atoms with Gasteiger partial charge in [-0.3, -0.25) is 4.79 Å². The maximum atomic E-state index is 14.9. The van der Waals surface area contributed by atoms with Gasteiger partial charge in [-0.1, -0.05) is 224 Å². The fourth-order valence-electron chi connectivity index (χ4n) is 14.1. The van der Waals surface area contributed by atoms with Crippen LogP contribution in [0.3, 0.4) is 0 Å². The van der Waals surface area contributed by atoms with Crippen LogP contribution in [0.1, 0.15) is 114 Å². The van der Waals surface area contributed by atoms with E-state index >= 15 is 0 Å². The minimum Gasteiger partial charge on any atom is -0.467 e. The molecule has 0 N–H and O–H groups in total. The number of unbranched alkanes of at least 4 members (excludes halogenated alkanes) is 2. The van der Waals surface area contributed by atoms with Gasteiger partial charge < -0.3 is 90.2 Å². The molecule has 1 amide bonds. The lowest BCUT2D eigenvalue weighted by Crippen LogP contribution is -2.68. The van der Waals surface area contributed by atoms with E-state index < -0.39 is 153 Å². The van der Waals surface area contributed by atoms with E-state index in [1.165, 1.54) is 43.3 Å². The molecule has 3 saturated heterocycles. The van der Waals surface area contributed by atoms with E-state index in [-0.39, 0.29) is 81.6 Å². The van der Waals surface area contributed by atoms with Crippen LogP contribution in [0.4, 0.5) is 4.79 Å². The summed E-state index contributed by atoms with van der Waals surface area (Å²) in [7, 11) is 2.14. The summed E-state index contributed by atoms with van der Waals surface area (Å²) in [5.74, 6) is -6.80. The lowest BCUT2D eigenvalue weighted by Gasteiger charge is -2.50. The molecule has 12 rings (SSSR count). The number of carbonyl (C=O) groups is 9. The molecular weight excluding hydrogens is 1610 g/mol. The van der Waals surface area contributed by atoms with Gasteiger partial charge in [0, 0.05) is 31.0 Å². The quantitative estimate of drug-likeness (QED) is 0.00857. The first-order chi connectivity index (χ1) is 61.0. The fraction of sp³-hybridized carbons (Fsp3) is 0.337. The summed E-state index contributed by atoms with van der Waals surface area (Å²) in [4.78, 5) is 131. The number of hydrogen-bond donors (Lipinski definition) is 0. The zero-order valence-electron chi connectivity index (χ0n) is 68.9. The van der Waals surface area contributed by atoms with E-state index in [1.54, 1.807) is 199 Å². The van der Waals surface area contributed by atoms with Crippen molar-refractivity contribution in [2.45, 2.75) is 171 Å². The van der Waals surface area contributed by atoms with Crippen molar-refractivity contribution in [3.8, 4) is 0 Å². The summed E-state index contributed by atoms with van der Waals surface area (Å²) in [5.41, 5.74) is 15.5. The van der Waals surface area contributed by atoms with Crippen molar-refractivity contribution in [3.05, 3.63) is 333 Å².